The van der Waals surface area contributed by atoms with Crippen LogP contribution in [-0.4, -0.2) is 65.9 Å². The molecule has 0 saturated carbocycles. The first-order valence-electron chi connectivity index (χ1n) is 9.22. The van der Waals surface area contributed by atoms with Crippen LogP contribution in [0, 0.1) is 22.7 Å². The van der Waals surface area contributed by atoms with Gasteiger partial charge >= 0.3 is 0 Å². The molecule has 1 N–H and O–H groups in total. The van der Waals surface area contributed by atoms with Crippen molar-refractivity contribution in [1.82, 2.24) is 5.32 Å². The summed E-state index contributed by atoms with van der Waals surface area (Å²) in [4.78, 5) is 0. The van der Waals surface area contributed by atoms with Crippen LogP contribution in [0.25, 0.3) is 0 Å². The average Bonchev–Trinajstić information content (AvgIpc) is 2.48. The third kappa shape index (κ3) is 23.4. The van der Waals surface area contributed by atoms with Gasteiger partial charge in [0.15, 0.2) is 0 Å². The Balaban J connectivity index is 3.15. The van der Waals surface area contributed by atoms with Crippen LogP contribution < -0.4 is 5.32 Å². The van der Waals surface area contributed by atoms with Crippen LogP contribution in [0.2, 0.25) is 0 Å². The molecule has 0 saturated heterocycles. The molecule has 0 fully saturated rings. The molecule has 0 bridgehead atoms. The van der Waals surface area contributed by atoms with E-state index in [1.54, 1.807) is 0 Å². The number of hydrogen-bond acceptors (Lipinski definition) is 5. The van der Waals surface area contributed by atoms with E-state index >= 15 is 0 Å². The van der Waals surface area contributed by atoms with Gasteiger partial charge in [-0.05, 0) is 26.2 Å². The van der Waals surface area contributed by atoms with E-state index in [0.29, 0.717) is 58.3 Å². The smallest absolute Gasteiger partial charge is 0.107 e. The lowest BCUT2D eigenvalue weighted by Gasteiger charge is -2.18. The Bertz CT molecular complexity index is 361. The summed E-state index contributed by atoms with van der Waals surface area (Å²) in [6, 6.07) is 0. The molecule has 0 aliphatic heterocycles. The molecule has 148 valence electrons. The lowest BCUT2D eigenvalue weighted by molar-refractivity contribution is 0.00159. The molecular weight excluding hydrogens is 318 g/mol. The maximum atomic E-state index is 5.49. The Kier molecular flexibility index (Phi) is 14.1. The van der Waals surface area contributed by atoms with E-state index in [4.69, 9.17) is 18.9 Å². The van der Waals surface area contributed by atoms with Gasteiger partial charge in [-0.15, -0.1) is 0 Å². The van der Waals surface area contributed by atoms with Gasteiger partial charge in [-0.1, -0.05) is 32.6 Å². The first-order valence-corrected chi connectivity index (χ1v) is 9.22. The van der Waals surface area contributed by atoms with Crippen LogP contribution in [0.15, 0.2) is 0 Å². The predicted octanol–water partition coefficient (Wildman–Crippen LogP) is 2.74. The van der Waals surface area contributed by atoms with Crippen LogP contribution in [0.3, 0.4) is 0 Å². The van der Waals surface area contributed by atoms with E-state index in [2.05, 4.69) is 58.7 Å². The molecule has 0 aliphatic rings. The highest BCUT2D eigenvalue weighted by molar-refractivity contribution is 5.07. The van der Waals surface area contributed by atoms with Crippen molar-refractivity contribution in [2.45, 2.75) is 41.5 Å². The maximum Gasteiger partial charge on any atom is 0.107 e. The van der Waals surface area contributed by atoms with Crippen molar-refractivity contribution >= 4 is 0 Å². The molecule has 0 amide bonds. The quantitative estimate of drug-likeness (QED) is 0.383. The second-order valence-corrected chi connectivity index (χ2v) is 8.18. The topological polar surface area (TPSA) is 49.0 Å². The van der Waals surface area contributed by atoms with E-state index in [9.17, 15) is 0 Å². The second kappa shape index (κ2) is 14.5. The zero-order chi connectivity index (χ0) is 19.0. The van der Waals surface area contributed by atoms with Crippen molar-refractivity contribution in [2.24, 2.45) is 10.8 Å². The second-order valence-electron chi connectivity index (χ2n) is 8.18. The van der Waals surface area contributed by atoms with Crippen LogP contribution in [0.5, 0.6) is 0 Å². The molecule has 0 aromatic carbocycles. The van der Waals surface area contributed by atoms with E-state index in [1.165, 1.54) is 0 Å². The van der Waals surface area contributed by atoms with Gasteiger partial charge in [0.25, 0.3) is 0 Å². The predicted molar refractivity (Wildman–Crippen MR) is 103 cm³/mol. The van der Waals surface area contributed by atoms with Crippen molar-refractivity contribution in [1.29, 1.82) is 0 Å². The van der Waals surface area contributed by atoms with E-state index in [0.717, 1.165) is 13.1 Å². The van der Waals surface area contributed by atoms with E-state index in [-0.39, 0.29) is 5.41 Å². The molecular formula is C20H39NO4. The Morgan fingerprint density at radius 1 is 0.680 bits per heavy atom. The molecule has 5 nitrogen and oxygen atoms in total. The molecule has 0 aromatic rings. The van der Waals surface area contributed by atoms with Gasteiger partial charge in [0.2, 0.25) is 0 Å². The Labute approximate surface area is 155 Å². The minimum atomic E-state index is 0.0316. The lowest BCUT2D eigenvalue weighted by Crippen LogP contribution is -2.29. The van der Waals surface area contributed by atoms with Crippen molar-refractivity contribution in [3.63, 3.8) is 0 Å². The number of ether oxygens (including phenoxy) is 4. The third-order valence-corrected chi connectivity index (χ3v) is 2.83. The molecule has 0 rings (SSSR count). The molecule has 0 atom stereocenters. The van der Waals surface area contributed by atoms with Crippen LogP contribution in [0.1, 0.15) is 41.5 Å². The van der Waals surface area contributed by atoms with Crippen LogP contribution in [-0.2, 0) is 18.9 Å². The Morgan fingerprint density at radius 3 is 1.64 bits per heavy atom. The standard InChI is InChI=1S/C20H39NO4/c1-19(2,3)8-7-10-22-12-14-24-16-17-25-15-13-23-11-9-21-18-20(4,5)6/h21H,9-18H2,1-6H3. The summed E-state index contributed by atoms with van der Waals surface area (Å²) in [7, 11) is 0. The largest absolute Gasteiger partial charge is 0.378 e. The fraction of sp³-hybridized carbons (Fsp3) is 0.900. The summed E-state index contributed by atoms with van der Waals surface area (Å²) in [6.07, 6.45) is 0. The van der Waals surface area contributed by atoms with Crippen LogP contribution in [0.4, 0.5) is 0 Å². The Hall–Kier alpha value is -0.640. The highest BCUT2D eigenvalue weighted by Crippen LogP contribution is 2.10. The lowest BCUT2D eigenvalue weighted by atomic mass is 9.97. The average molecular weight is 358 g/mol. The zero-order valence-electron chi connectivity index (χ0n) is 17.2. The summed E-state index contributed by atoms with van der Waals surface area (Å²) in [5.74, 6) is 6.13. The third-order valence-electron chi connectivity index (χ3n) is 2.83. The normalized spacial score (nSPS) is 12.1. The van der Waals surface area contributed by atoms with Gasteiger partial charge in [0.1, 0.15) is 6.61 Å². The molecule has 0 radical (unpaired) electrons. The van der Waals surface area contributed by atoms with Gasteiger partial charge in [-0.3, -0.25) is 0 Å². The highest BCUT2D eigenvalue weighted by Gasteiger charge is 2.08. The molecule has 0 aromatic heterocycles. The first kappa shape index (κ1) is 24.4. The monoisotopic (exact) mass is 357 g/mol. The minimum Gasteiger partial charge on any atom is -0.378 e. The molecule has 0 spiro atoms. The van der Waals surface area contributed by atoms with Gasteiger partial charge in [-0.25, -0.2) is 0 Å². The molecule has 5 heteroatoms. The number of rotatable bonds is 14. The van der Waals surface area contributed by atoms with Crippen molar-refractivity contribution < 1.29 is 18.9 Å². The SMILES string of the molecule is CC(C)(C)C#CCOCCOCCOCCOCCNCC(C)(C)C. The van der Waals surface area contributed by atoms with Crippen LogP contribution >= 0.6 is 0 Å². The fourth-order valence-electron chi connectivity index (χ4n) is 1.69. The van der Waals surface area contributed by atoms with Crippen molar-refractivity contribution in [3.8, 4) is 11.8 Å². The summed E-state index contributed by atoms with van der Waals surface area (Å²) in [5.41, 5.74) is 0.345. The summed E-state index contributed by atoms with van der Waals surface area (Å²) < 4.78 is 21.7. The van der Waals surface area contributed by atoms with Gasteiger partial charge in [0.05, 0.1) is 46.2 Å². The van der Waals surface area contributed by atoms with Gasteiger partial charge in [-0.2, -0.15) is 0 Å². The molecule has 25 heavy (non-hydrogen) atoms. The Morgan fingerprint density at radius 2 is 1.16 bits per heavy atom. The fourth-order valence-corrected chi connectivity index (χ4v) is 1.69. The first-order chi connectivity index (χ1) is 11.7. The molecule has 0 unspecified atom stereocenters. The molecule has 0 aliphatic carbocycles. The highest BCUT2D eigenvalue weighted by atomic mass is 16.6. The number of nitrogens with one attached hydrogen (secondary N) is 1. The zero-order valence-corrected chi connectivity index (χ0v) is 17.2. The van der Waals surface area contributed by atoms with Crippen molar-refractivity contribution in [3.05, 3.63) is 0 Å². The summed E-state index contributed by atoms with van der Waals surface area (Å²) in [6.45, 7) is 19.4. The van der Waals surface area contributed by atoms with Crippen molar-refractivity contribution in [2.75, 3.05) is 65.9 Å². The maximum absolute atomic E-state index is 5.49. The minimum absolute atomic E-state index is 0.0316. The summed E-state index contributed by atoms with van der Waals surface area (Å²) in [5, 5.41) is 3.37. The van der Waals surface area contributed by atoms with Gasteiger partial charge < -0.3 is 24.3 Å². The molecule has 0 heterocycles. The summed E-state index contributed by atoms with van der Waals surface area (Å²) >= 11 is 0. The van der Waals surface area contributed by atoms with E-state index in [1.807, 2.05) is 0 Å². The van der Waals surface area contributed by atoms with Gasteiger partial charge in [0, 0.05) is 18.5 Å². The van der Waals surface area contributed by atoms with E-state index < -0.39 is 0 Å². The number of hydrogen-bond donors (Lipinski definition) is 1.